The van der Waals surface area contributed by atoms with E-state index in [0.29, 0.717) is 5.92 Å². The van der Waals surface area contributed by atoms with Crippen LogP contribution >= 0.6 is 0 Å². The summed E-state index contributed by atoms with van der Waals surface area (Å²) in [7, 11) is 0. The first kappa shape index (κ1) is 36.4. The third-order valence-electron chi connectivity index (χ3n) is 13.4. The number of furan rings is 1. The van der Waals surface area contributed by atoms with Gasteiger partial charge in [-0.15, -0.1) is 0 Å². The normalized spacial score (nSPS) is 20.3. The number of nitrogens with one attached hydrogen (secondary N) is 1. The van der Waals surface area contributed by atoms with Gasteiger partial charge < -0.3 is 9.73 Å². The molecule has 0 radical (unpaired) electrons. The van der Waals surface area contributed by atoms with Crippen LogP contribution in [0.3, 0.4) is 0 Å². The number of fused-ring (bicyclic) bond motifs is 6. The lowest BCUT2D eigenvalue weighted by molar-refractivity contribution is 0.382. The molecule has 7 aromatic carbocycles. The van der Waals surface area contributed by atoms with E-state index < -0.39 is 0 Å². The lowest BCUT2D eigenvalue weighted by Gasteiger charge is -2.30. The van der Waals surface area contributed by atoms with E-state index in [4.69, 9.17) is 4.42 Å². The van der Waals surface area contributed by atoms with Gasteiger partial charge in [0.2, 0.25) is 0 Å². The molecule has 1 aliphatic carbocycles. The molecule has 0 saturated carbocycles. The second kappa shape index (κ2) is 14.8. The van der Waals surface area contributed by atoms with Crippen LogP contribution in [0.2, 0.25) is 0 Å². The van der Waals surface area contributed by atoms with E-state index in [9.17, 15) is 0 Å². The van der Waals surface area contributed by atoms with Crippen molar-refractivity contribution in [1.82, 2.24) is 5.32 Å². The molecule has 1 N–H and O–H groups in total. The Morgan fingerprint density at radius 3 is 2.03 bits per heavy atom. The second-order valence-corrected chi connectivity index (χ2v) is 17.2. The first-order valence-corrected chi connectivity index (χ1v) is 21.2. The van der Waals surface area contributed by atoms with Gasteiger partial charge in [0.25, 0.3) is 0 Å². The fourth-order valence-corrected chi connectivity index (χ4v) is 10.4. The lowest BCUT2D eigenvalue weighted by atomic mass is 9.80. The molecule has 0 amide bonds. The van der Waals surface area contributed by atoms with Gasteiger partial charge in [-0.3, -0.25) is 0 Å². The Kier molecular flexibility index (Phi) is 9.26. The van der Waals surface area contributed by atoms with Crippen LogP contribution in [-0.2, 0) is 5.41 Å². The van der Waals surface area contributed by atoms with Crippen LogP contribution in [-0.4, -0.2) is 0 Å². The summed E-state index contributed by atoms with van der Waals surface area (Å²) in [5.41, 5.74) is 19.3. The standard InChI is InChI=1S/C56H51NO/c1-5-37-35-51(57-50(40-17-10-7-11-18-40)31-23-36(2)54(37)41-26-24-39(25-27-41)38-15-8-6-9-16-38)45-20-14-22-53-55(45)47-34-43(29-32-52(47)58-53)42-28-30-49-46(33-42)44-19-12-13-21-48(44)56(49,3)4/h6-22,24-30,32-34,37,50-51,57H,5,23,31,35H2,1-4H3/b54-36-. The Bertz CT molecular complexity index is 2810. The lowest BCUT2D eigenvalue weighted by Crippen LogP contribution is -2.28. The Hall–Kier alpha value is -5.96. The van der Waals surface area contributed by atoms with Crippen molar-refractivity contribution in [2.45, 2.75) is 70.9 Å². The zero-order chi connectivity index (χ0) is 39.4. The van der Waals surface area contributed by atoms with Crippen molar-refractivity contribution in [2.75, 3.05) is 0 Å². The summed E-state index contributed by atoms with van der Waals surface area (Å²) in [5.74, 6) is 0.372. The van der Waals surface area contributed by atoms with Gasteiger partial charge in [0.1, 0.15) is 11.2 Å². The molecule has 3 unspecified atom stereocenters. The molecule has 0 bridgehead atoms. The maximum atomic E-state index is 6.69. The summed E-state index contributed by atoms with van der Waals surface area (Å²) in [4.78, 5) is 0. The van der Waals surface area contributed by atoms with Gasteiger partial charge in [-0.1, -0.05) is 166 Å². The predicted molar refractivity (Wildman–Crippen MR) is 244 cm³/mol. The first-order valence-electron chi connectivity index (χ1n) is 21.2. The van der Waals surface area contributed by atoms with E-state index in [2.05, 4.69) is 197 Å². The fraction of sp³-hybridized carbons (Fsp3) is 0.214. The van der Waals surface area contributed by atoms with E-state index in [1.807, 2.05) is 0 Å². The largest absolute Gasteiger partial charge is 0.456 e. The highest BCUT2D eigenvalue weighted by atomic mass is 16.3. The summed E-state index contributed by atoms with van der Waals surface area (Å²) in [6, 6.07) is 60.9. The molecule has 2 heteroatoms. The van der Waals surface area contributed by atoms with Gasteiger partial charge in [0, 0.05) is 28.3 Å². The van der Waals surface area contributed by atoms with Gasteiger partial charge in [-0.05, 0) is 130 Å². The zero-order valence-electron chi connectivity index (χ0n) is 34.1. The Morgan fingerprint density at radius 2 is 1.24 bits per heavy atom. The Balaban J connectivity index is 1.08. The summed E-state index contributed by atoms with van der Waals surface area (Å²) in [5, 5.41) is 6.69. The Labute approximate surface area is 343 Å². The minimum Gasteiger partial charge on any atom is -0.456 e. The van der Waals surface area contributed by atoms with Crippen LogP contribution in [0.5, 0.6) is 0 Å². The van der Waals surface area contributed by atoms with Crippen molar-refractivity contribution in [1.29, 1.82) is 0 Å². The van der Waals surface area contributed by atoms with Gasteiger partial charge in [0.05, 0.1) is 0 Å². The van der Waals surface area contributed by atoms with E-state index in [0.717, 1.165) is 36.8 Å². The SMILES string of the molecule is CCC1CC(c2cccc3oc4ccc(-c5ccc6c(c5)-c5ccccc5C6(C)C)cc4c23)NC(c2ccccc2)CC/C(C)=C/1c1ccc(-c2ccccc2)cc1. The van der Waals surface area contributed by atoms with Gasteiger partial charge >= 0.3 is 0 Å². The molecular formula is C56H51NO. The van der Waals surface area contributed by atoms with Crippen LogP contribution in [0, 0.1) is 5.92 Å². The molecule has 2 aliphatic rings. The van der Waals surface area contributed by atoms with Crippen molar-refractivity contribution in [3.63, 3.8) is 0 Å². The van der Waals surface area contributed by atoms with E-state index >= 15 is 0 Å². The number of allylic oxidation sites excluding steroid dienone is 2. The predicted octanol–water partition coefficient (Wildman–Crippen LogP) is 15.3. The quantitative estimate of drug-likeness (QED) is 0.183. The summed E-state index contributed by atoms with van der Waals surface area (Å²) in [6.45, 7) is 9.45. The molecule has 286 valence electrons. The minimum absolute atomic E-state index is 0.0132. The van der Waals surface area contributed by atoms with Gasteiger partial charge in [-0.25, -0.2) is 0 Å². The van der Waals surface area contributed by atoms with E-state index in [1.54, 1.807) is 0 Å². The highest BCUT2D eigenvalue weighted by molar-refractivity contribution is 6.08. The number of rotatable bonds is 6. The highest BCUT2D eigenvalue weighted by Gasteiger charge is 2.35. The van der Waals surface area contributed by atoms with E-state index in [1.165, 1.54) is 83.1 Å². The second-order valence-electron chi connectivity index (χ2n) is 17.2. The summed E-state index contributed by atoms with van der Waals surface area (Å²) in [6.07, 6.45) is 4.11. The van der Waals surface area contributed by atoms with Crippen LogP contribution in [0.1, 0.15) is 93.3 Å². The van der Waals surface area contributed by atoms with Crippen LogP contribution < -0.4 is 5.32 Å². The maximum absolute atomic E-state index is 6.69. The molecule has 58 heavy (non-hydrogen) atoms. The third kappa shape index (κ3) is 6.32. The van der Waals surface area contributed by atoms with Crippen molar-refractivity contribution >= 4 is 27.5 Å². The zero-order valence-corrected chi connectivity index (χ0v) is 34.1. The molecule has 8 aromatic rings. The molecule has 0 spiro atoms. The molecule has 1 aromatic heterocycles. The van der Waals surface area contributed by atoms with Crippen LogP contribution in [0.15, 0.2) is 174 Å². The average molecular weight is 754 g/mol. The number of hydrogen-bond acceptors (Lipinski definition) is 2. The number of benzene rings is 7. The van der Waals surface area contributed by atoms with Crippen LogP contribution in [0.25, 0.3) is 60.9 Å². The highest BCUT2D eigenvalue weighted by Crippen LogP contribution is 2.50. The monoisotopic (exact) mass is 753 g/mol. The fourth-order valence-electron chi connectivity index (χ4n) is 10.4. The average Bonchev–Trinajstić information content (AvgIpc) is 3.78. The molecule has 3 atom stereocenters. The number of hydrogen-bond donors (Lipinski definition) is 1. The molecular weight excluding hydrogens is 703 g/mol. The Morgan fingerprint density at radius 1 is 0.586 bits per heavy atom. The maximum Gasteiger partial charge on any atom is 0.135 e. The molecule has 2 heterocycles. The van der Waals surface area contributed by atoms with Crippen molar-refractivity contribution in [2.24, 2.45) is 5.92 Å². The van der Waals surface area contributed by atoms with Gasteiger partial charge in [0.15, 0.2) is 0 Å². The van der Waals surface area contributed by atoms with Crippen molar-refractivity contribution < 1.29 is 4.42 Å². The van der Waals surface area contributed by atoms with Crippen molar-refractivity contribution in [3.05, 3.63) is 197 Å². The molecule has 2 nitrogen and oxygen atoms in total. The smallest absolute Gasteiger partial charge is 0.135 e. The topological polar surface area (TPSA) is 25.2 Å². The minimum atomic E-state index is -0.0132. The summed E-state index contributed by atoms with van der Waals surface area (Å²) >= 11 is 0. The molecule has 0 saturated heterocycles. The van der Waals surface area contributed by atoms with Gasteiger partial charge in [-0.2, -0.15) is 0 Å². The molecule has 1 aliphatic heterocycles. The van der Waals surface area contributed by atoms with Crippen molar-refractivity contribution in [3.8, 4) is 33.4 Å². The molecule has 10 rings (SSSR count). The summed E-state index contributed by atoms with van der Waals surface area (Å²) < 4.78 is 6.69. The molecule has 0 fully saturated rings. The van der Waals surface area contributed by atoms with E-state index in [-0.39, 0.29) is 17.5 Å². The van der Waals surface area contributed by atoms with Crippen LogP contribution in [0.4, 0.5) is 0 Å². The first-order chi connectivity index (χ1) is 28.4. The third-order valence-corrected chi connectivity index (χ3v) is 13.4.